The number of ether oxygens (including phenoxy) is 3. The summed E-state index contributed by atoms with van der Waals surface area (Å²) in [4.78, 5) is 26.3. The molecule has 1 fully saturated rings. The van der Waals surface area contributed by atoms with Gasteiger partial charge in [-0.3, -0.25) is 14.9 Å². The number of thioether (sulfide) groups is 1. The second-order valence-electron chi connectivity index (χ2n) is 6.66. The van der Waals surface area contributed by atoms with Crippen LogP contribution >= 0.6 is 27.7 Å². The zero-order valence-electron chi connectivity index (χ0n) is 17.6. The molecule has 1 aliphatic heterocycles. The second-order valence-corrected chi connectivity index (χ2v) is 8.82. The van der Waals surface area contributed by atoms with Crippen LogP contribution < -0.4 is 9.47 Å². The molecule has 0 radical (unpaired) electrons. The summed E-state index contributed by atoms with van der Waals surface area (Å²) in [5.41, 5.74) is -0.427. The van der Waals surface area contributed by atoms with Crippen molar-refractivity contribution in [3.05, 3.63) is 27.8 Å². The van der Waals surface area contributed by atoms with Crippen LogP contribution in [0.3, 0.4) is 0 Å². The van der Waals surface area contributed by atoms with E-state index in [2.05, 4.69) is 15.9 Å². The third kappa shape index (κ3) is 6.01. The van der Waals surface area contributed by atoms with Crippen LogP contribution in [0.25, 0.3) is 0 Å². The van der Waals surface area contributed by atoms with Crippen LogP contribution in [-0.4, -0.2) is 65.2 Å². The van der Waals surface area contributed by atoms with Crippen LogP contribution in [0.1, 0.15) is 43.5 Å². The maximum Gasteiger partial charge on any atom is 0.286 e. The van der Waals surface area contributed by atoms with Crippen molar-refractivity contribution in [2.45, 2.75) is 44.6 Å². The smallest absolute Gasteiger partial charge is 0.286 e. The maximum atomic E-state index is 13.4. The number of halogens is 1. The molecule has 0 bridgehead atoms. The molecule has 30 heavy (non-hydrogen) atoms. The number of likely N-dealkylation sites (tertiary alicyclic amines) is 1. The van der Waals surface area contributed by atoms with E-state index in [1.807, 2.05) is 13.8 Å². The van der Waals surface area contributed by atoms with Gasteiger partial charge in [-0.1, -0.05) is 22.9 Å². The quantitative estimate of drug-likeness (QED) is 0.136. The first-order chi connectivity index (χ1) is 14.5. The molecular formula is C20H29BrN2O6S. The minimum absolute atomic E-state index is 0.00772. The average Bonchev–Trinajstić information content (AvgIpc) is 3.22. The van der Waals surface area contributed by atoms with Crippen LogP contribution in [0.2, 0.25) is 0 Å². The van der Waals surface area contributed by atoms with Gasteiger partial charge in [-0.15, -0.1) is 11.8 Å². The Kier molecular flexibility index (Phi) is 10.2. The van der Waals surface area contributed by atoms with Gasteiger partial charge in [-0.2, -0.15) is 0 Å². The zero-order chi connectivity index (χ0) is 22.1. The van der Waals surface area contributed by atoms with Crippen LogP contribution in [-0.2, 0) is 4.74 Å². The fourth-order valence-electron chi connectivity index (χ4n) is 3.46. The van der Waals surface area contributed by atoms with E-state index in [0.717, 1.165) is 30.3 Å². The number of hydrogen-bond donors (Lipinski definition) is 0. The number of carbonyl (C=O) groups excluding carboxylic acids is 1. The van der Waals surface area contributed by atoms with Gasteiger partial charge in [0.2, 0.25) is 0 Å². The van der Waals surface area contributed by atoms with Gasteiger partial charge in [0.1, 0.15) is 11.0 Å². The van der Waals surface area contributed by atoms with Crippen LogP contribution in [0.5, 0.6) is 11.5 Å². The second kappa shape index (κ2) is 12.4. The predicted molar refractivity (Wildman–Crippen MR) is 121 cm³/mol. The molecule has 0 saturated carbocycles. The fraction of sp³-hybridized carbons (Fsp3) is 0.650. The van der Waals surface area contributed by atoms with E-state index < -0.39 is 4.92 Å². The molecule has 0 N–H and O–H groups in total. The summed E-state index contributed by atoms with van der Waals surface area (Å²) in [6.45, 7) is 5.44. The Hall–Kier alpha value is -1.52. The van der Waals surface area contributed by atoms with E-state index in [9.17, 15) is 14.9 Å². The van der Waals surface area contributed by atoms with E-state index in [-0.39, 0.29) is 34.4 Å². The molecule has 1 aliphatic rings. The zero-order valence-corrected chi connectivity index (χ0v) is 20.0. The normalized spacial score (nSPS) is 17.1. The maximum absolute atomic E-state index is 13.4. The Morgan fingerprint density at radius 3 is 2.77 bits per heavy atom. The number of amides is 1. The van der Waals surface area contributed by atoms with E-state index in [1.165, 1.54) is 19.2 Å². The first-order valence-corrected chi connectivity index (χ1v) is 12.2. The number of alkyl halides is 1. The summed E-state index contributed by atoms with van der Waals surface area (Å²) < 4.78 is 16.9. The third-order valence-corrected chi connectivity index (χ3v) is 6.45. The highest BCUT2D eigenvalue weighted by Crippen LogP contribution is 2.37. The number of nitro benzene ring substituents is 1. The molecule has 0 aliphatic carbocycles. The first kappa shape index (κ1) is 24.7. The predicted octanol–water partition coefficient (Wildman–Crippen LogP) is 4.49. The van der Waals surface area contributed by atoms with Gasteiger partial charge < -0.3 is 19.1 Å². The lowest BCUT2D eigenvalue weighted by Crippen LogP contribution is -2.43. The molecule has 1 amide bonds. The number of nitro groups is 1. The van der Waals surface area contributed by atoms with Crippen molar-refractivity contribution in [2.24, 2.45) is 0 Å². The molecule has 1 heterocycles. The SMILES string of the molecule is CCOC(SCC)[C@@H]1CCCN1C(=O)c1cc(OC)c(OCCCBr)cc1[N+](=O)[O-]. The minimum Gasteiger partial charge on any atom is -0.493 e. The highest BCUT2D eigenvalue weighted by molar-refractivity contribution is 9.09. The highest BCUT2D eigenvalue weighted by Gasteiger charge is 2.38. The van der Waals surface area contributed by atoms with Gasteiger partial charge in [0, 0.05) is 24.5 Å². The Bertz CT molecular complexity index is 729. The summed E-state index contributed by atoms with van der Waals surface area (Å²) in [5, 5.41) is 12.5. The molecule has 1 saturated heterocycles. The molecule has 0 spiro atoms. The van der Waals surface area contributed by atoms with E-state index in [1.54, 1.807) is 16.7 Å². The van der Waals surface area contributed by atoms with Crippen molar-refractivity contribution in [3.63, 3.8) is 0 Å². The number of rotatable bonds is 12. The van der Waals surface area contributed by atoms with E-state index in [4.69, 9.17) is 14.2 Å². The molecule has 8 nitrogen and oxygen atoms in total. The van der Waals surface area contributed by atoms with Crippen LogP contribution in [0.4, 0.5) is 5.69 Å². The summed E-state index contributed by atoms with van der Waals surface area (Å²) in [7, 11) is 1.45. The minimum atomic E-state index is -0.546. The number of methoxy groups -OCH3 is 1. The lowest BCUT2D eigenvalue weighted by Gasteiger charge is -2.31. The Balaban J connectivity index is 2.37. The molecule has 1 aromatic carbocycles. The largest absolute Gasteiger partial charge is 0.493 e. The lowest BCUT2D eigenvalue weighted by molar-refractivity contribution is -0.385. The summed E-state index contributed by atoms with van der Waals surface area (Å²) in [6.07, 6.45) is 2.38. The highest BCUT2D eigenvalue weighted by atomic mass is 79.9. The molecule has 1 aromatic rings. The van der Waals surface area contributed by atoms with E-state index >= 15 is 0 Å². The van der Waals surface area contributed by atoms with Crippen molar-refractivity contribution in [1.82, 2.24) is 4.90 Å². The Morgan fingerprint density at radius 2 is 2.17 bits per heavy atom. The molecule has 1 unspecified atom stereocenters. The molecule has 168 valence electrons. The molecule has 2 rings (SSSR count). The van der Waals surface area contributed by atoms with Gasteiger partial charge in [-0.05, 0) is 31.9 Å². The Morgan fingerprint density at radius 1 is 1.40 bits per heavy atom. The lowest BCUT2D eigenvalue weighted by atomic mass is 10.1. The molecule has 0 aromatic heterocycles. The number of nitrogens with zero attached hydrogens (tertiary/aromatic N) is 2. The monoisotopic (exact) mass is 504 g/mol. The van der Waals surface area contributed by atoms with Gasteiger partial charge in [0.25, 0.3) is 11.6 Å². The number of carbonyl (C=O) groups is 1. The molecule has 10 heteroatoms. The van der Waals surface area contributed by atoms with Gasteiger partial charge in [-0.25, -0.2) is 0 Å². The van der Waals surface area contributed by atoms with Crippen molar-refractivity contribution in [3.8, 4) is 11.5 Å². The van der Waals surface area contributed by atoms with Crippen LogP contribution in [0.15, 0.2) is 12.1 Å². The average molecular weight is 505 g/mol. The summed E-state index contributed by atoms with van der Waals surface area (Å²) >= 11 is 4.97. The number of benzene rings is 1. The van der Waals surface area contributed by atoms with Crippen molar-refractivity contribution >= 4 is 39.3 Å². The van der Waals surface area contributed by atoms with Crippen molar-refractivity contribution in [2.75, 3.05) is 38.0 Å². The van der Waals surface area contributed by atoms with Crippen LogP contribution in [0, 0.1) is 10.1 Å². The molecule has 2 atom stereocenters. The Labute approximate surface area is 189 Å². The first-order valence-electron chi connectivity index (χ1n) is 10.1. The summed E-state index contributed by atoms with van der Waals surface area (Å²) in [5.74, 6) is 1.04. The van der Waals surface area contributed by atoms with Crippen molar-refractivity contribution in [1.29, 1.82) is 0 Å². The fourth-order valence-corrected chi connectivity index (χ4v) is 4.76. The topological polar surface area (TPSA) is 91.1 Å². The van der Waals surface area contributed by atoms with Gasteiger partial charge in [0.05, 0.1) is 30.7 Å². The van der Waals surface area contributed by atoms with Gasteiger partial charge >= 0.3 is 0 Å². The van der Waals surface area contributed by atoms with Crippen molar-refractivity contribution < 1.29 is 23.9 Å². The molecular weight excluding hydrogens is 476 g/mol. The number of hydrogen-bond acceptors (Lipinski definition) is 7. The summed E-state index contributed by atoms with van der Waals surface area (Å²) in [6, 6.07) is 2.58. The third-order valence-electron chi connectivity index (χ3n) is 4.78. The standard InChI is InChI=1S/C20H29BrN2O6S/c1-4-28-20(30-5-2)15-8-6-10-22(15)19(24)14-12-17(27-3)18(29-11-7-9-21)13-16(14)23(25)26/h12-13,15,20H,4-11H2,1-3H3/t15-,20?/m0/s1. The van der Waals surface area contributed by atoms with E-state index in [0.29, 0.717) is 25.5 Å². The van der Waals surface area contributed by atoms with Gasteiger partial charge in [0.15, 0.2) is 11.5 Å².